The fraction of sp³-hybridized carbons (Fsp3) is 0.333. The lowest BCUT2D eigenvalue weighted by molar-refractivity contribution is -0.0430. The van der Waals surface area contributed by atoms with E-state index >= 15 is 0 Å². The predicted molar refractivity (Wildman–Crippen MR) is 81.6 cm³/mol. The average molecular weight is 303 g/mol. The van der Waals surface area contributed by atoms with Gasteiger partial charge in [-0.05, 0) is 42.8 Å². The van der Waals surface area contributed by atoms with Crippen molar-refractivity contribution in [3.05, 3.63) is 71.3 Å². The van der Waals surface area contributed by atoms with Crippen molar-refractivity contribution in [3.63, 3.8) is 0 Å². The van der Waals surface area contributed by atoms with E-state index in [1.165, 1.54) is 18.2 Å². The molecule has 22 heavy (non-hydrogen) atoms. The molecule has 1 N–H and O–H groups in total. The summed E-state index contributed by atoms with van der Waals surface area (Å²) in [6, 6.07) is 12.5. The first-order chi connectivity index (χ1) is 10.5. The molecule has 1 aliphatic heterocycles. The van der Waals surface area contributed by atoms with Gasteiger partial charge in [0.05, 0.1) is 5.60 Å². The van der Waals surface area contributed by atoms with Crippen LogP contribution < -0.4 is 0 Å². The first-order valence-corrected chi connectivity index (χ1v) is 7.42. The zero-order valence-corrected chi connectivity index (χ0v) is 12.5. The molecular weight excluding hydrogens is 284 g/mol. The minimum atomic E-state index is -1.27. The quantitative estimate of drug-likeness (QED) is 0.920. The number of likely N-dealkylation sites (tertiary alicyclic amines) is 1. The van der Waals surface area contributed by atoms with Crippen LogP contribution in [0.3, 0.4) is 0 Å². The van der Waals surface area contributed by atoms with Crippen LogP contribution >= 0.6 is 0 Å². The van der Waals surface area contributed by atoms with E-state index in [0.29, 0.717) is 30.6 Å². The minimum Gasteiger partial charge on any atom is -0.384 e. The highest BCUT2D eigenvalue weighted by Gasteiger charge is 2.44. The van der Waals surface area contributed by atoms with Gasteiger partial charge in [-0.25, -0.2) is 8.78 Å². The maximum atomic E-state index is 14.2. The maximum Gasteiger partial charge on any atom is 0.126 e. The Kier molecular flexibility index (Phi) is 3.98. The van der Waals surface area contributed by atoms with Gasteiger partial charge in [0.25, 0.3) is 0 Å². The van der Waals surface area contributed by atoms with E-state index in [4.69, 9.17) is 0 Å². The molecule has 2 unspecified atom stereocenters. The second-order valence-corrected chi connectivity index (χ2v) is 6.02. The van der Waals surface area contributed by atoms with E-state index in [0.717, 1.165) is 0 Å². The molecule has 0 bridgehead atoms. The van der Waals surface area contributed by atoms with Gasteiger partial charge in [-0.1, -0.05) is 30.3 Å². The van der Waals surface area contributed by atoms with Crippen molar-refractivity contribution in [2.45, 2.75) is 17.9 Å². The number of nitrogens with zero attached hydrogens (tertiary/aromatic N) is 1. The largest absolute Gasteiger partial charge is 0.384 e. The molecule has 4 heteroatoms. The summed E-state index contributed by atoms with van der Waals surface area (Å²) in [7, 11) is 1.94. The topological polar surface area (TPSA) is 23.5 Å². The first kappa shape index (κ1) is 15.1. The summed E-state index contributed by atoms with van der Waals surface area (Å²) in [5.41, 5.74) is -0.286. The van der Waals surface area contributed by atoms with Gasteiger partial charge in [0.2, 0.25) is 0 Å². The van der Waals surface area contributed by atoms with Crippen LogP contribution in [0.5, 0.6) is 0 Å². The zero-order chi connectivity index (χ0) is 15.7. The zero-order valence-electron chi connectivity index (χ0n) is 12.5. The summed E-state index contributed by atoms with van der Waals surface area (Å²) >= 11 is 0. The van der Waals surface area contributed by atoms with Crippen LogP contribution in [-0.4, -0.2) is 30.1 Å². The van der Waals surface area contributed by atoms with Crippen LogP contribution in [0.15, 0.2) is 48.5 Å². The summed E-state index contributed by atoms with van der Waals surface area (Å²) in [6.07, 6.45) is 0.436. The fourth-order valence-electron chi connectivity index (χ4n) is 3.31. The molecule has 116 valence electrons. The third kappa shape index (κ3) is 2.64. The Morgan fingerprint density at radius 2 is 1.91 bits per heavy atom. The van der Waals surface area contributed by atoms with Crippen LogP contribution in [0.1, 0.15) is 23.5 Å². The number of hydrogen-bond donors (Lipinski definition) is 1. The molecule has 0 amide bonds. The molecule has 0 radical (unpaired) electrons. The van der Waals surface area contributed by atoms with Crippen molar-refractivity contribution in [3.8, 4) is 0 Å². The Balaban J connectivity index is 2.09. The van der Waals surface area contributed by atoms with Crippen LogP contribution in [0.4, 0.5) is 8.78 Å². The Morgan fingerprint density at radius 1 is 1.14 bits per heavy atom. The third-order valence-electron chi connectivity index (χ3n) is 4.55. The highest BCUT2D eigenvalue weighted by atomic mass is 19.1. The minimum absolute atomic E-state index is 0.336. The molecule has 0 aromatic heterocycles. The smallest absolute Gasteiger partial charge is 0.126 e. The summed E-state index contributed by atoms with van der Waals surface area (Å²) in [5.74, 6) is -1.16. The second-order valence-electron chi connectivity index (χ2n) is 6.02. The van der Waals surface area contributed by atoms with Crippen molar-refractivity contribution in [2.24, 2.45) is 0 Å². The molecule has 2 nitrogen and oxygen atoms in total. The summed E-state index contributed by atoms with van der Waals surface area (Å²) < 4.78 is 27.8. The van der Waals surface area contributed by atoms with Crippen molar-refractivity contribution in [1.29, 1.82) is 0 Å². The van der Waals surface area contributed by atoms with Gasteiger partial charge in [0.1, 0.15) is 11.6 Å². The van der Waals surface area contributed by atoms with Crippen LogP contribution in [0.2, 0.25) is 0 Å². The number of aliphatic hydroxyl groups is 1. The molecule has 1 saturated heterocycles. The number of piperidine rings is 1. The number of benzene rings is 2. The van der Waals surface area contributed by atoms with Crippen LogP contribution in [0, 0.1) is 11.6 Å². The average Bonchev–Trinajstić information content (AvgIpc) is 2.51. The van der Waals surface area contributed by atoms with Crippen molar-refractivity contribution >= 4 is 0 Å². The van der Waals surface area contributed by atoms with Gasteiger partial charge < -0.3 is 10.0 Å². The molecule has 0 spiro atoms. The Labute approximate surface area is 129 Å². The molecule has 3 rings (SSSR count). The molecule has 1 fully saturated rings. The van der Waals surface area contributed by atoms with Gasteiger partial charge in [0, 0.05) is 19.0 Å². The number of halogens is 2. The predicted octanol–water partition coefficient (Wildman–Crippen LogP) is 3.27. The number of likely N-dealkylation sites (N-methyl/N-ethyl adjacent to an activating group) is 1. The summed E-state index contributed by atoms with van der Waals surface area (Å²) in [4.78, 5) is 2.06. The highest BCUT2D eigenvalue weighted by molar-refractivity contribution is 5.33. The van der Waals surface area contributed by atoms with Crippen LogP contribution in [-0.2, 0) is 5.60 Å². The standard InChI is InChI=1S/C18H19F2NO/c1-21-10-9-18(22,13-5-4-6-14(19)11-13)16(12-21)15-7-2-3-8-17(15)20/h2-8,11,16,22H,9-10,12H2,1H3. The monoisotopic (exact) mass is 303 g/mol. The van der Waals surface area contributed by atoms with E-state index in [9.17, 15) is 13.9 Å². The Bertz CT molecular complexity index is 676. The van der Waals surface area contributed by atoms with Crippen molar-refractivity contribution < 1.29 is 13.9 Å². The molecule has 0 saturated carbocycles. The molecule has 2 aromatic rings. The molecule has 0 aliphatic carbocycles. The van der Waals surface area contributed by atoms with Gasteiger partial charge in [-0.2, -0.15) is 0 Å². The number of rotatable bonds is 2. The van der Waals surface area contributed by atoms with Gasteiger partial charge in [-0.3, -0.25) is 0 Å². The van der Waals surface area contributed by atoms with E-state index in [2.05, 4.69) is 4.90 Å². The SMILES string of the molecule is CN1CCC(O)(c2cccc(F)c2)C(c2ccccc2F)C1. The molecule has 2 atom stereocenters. The van der Waals surface area contributed by atoms with E-state index < -0.39 is 17.3 Å². The lowest BCUT2D eigenvalue weighted by atomic mass is 9.72. The molecular formula is C18H19F2NO. The molecule has 1 heterocycles. The maximum absolute atomic E-state index is 14.2. The normalized spacial score (nSPS) is 26.1. The van der Waals surface area contributed by atoms with Gasteiger partial charge >= 0.3 is 0 Å². The molecule has 1 aliphatic rings. The second kappa shape index (κ2) is 5.78. The first-order valence-electron chi connectivity index (χ1n) is 7.42. The van der Waals surface area contributed by atoms with Crippen molar-refractivity contribution in [2.75, 3.05) is 20.1 Å². The van der Waals surface area contributed by atoms with E-state index in [-0.39, 0.29) is 5.82 Å². The third-order valence-corrected chi connectivity index (χ3v) is 4.55. The van der Waals surface area contributed by atoms with Crippen molar-refractivity contribution in [1.82, 2.24) is 4.90 Å². The van der Waals surface area contributed by atoms with E-state index in [1.54, 1.807) is 30.3 Å². The number of hydrogen-bond acceptors (Lipinski definition) is 2. The molecule has 2 aromatic carbocycles. The lowest BCUT2D eigenvalue weighted by Crippen LogP contribution is -2.47. The van der Waals surface area contributed by atoms with Gasteiger partial charge in [-0.15, -0.1) is 0 Å². The summed E-state index contributed by atoms with van der Waals surface area (Å²) in [6.45, 7) is 1.20. The van der Waals surface area contributed by atoms with Crippen LogP contribution in [0.25, 0.3) is 0 Å². The Hall–Kier alpha value is -1.78. The van der Waals surface area contributed by atoms with E-state index in [1.807, 2.05) is 7.05 Å². The summed E-state index contributed by atoms with van der Waals surface area (Å²) in [5, 5.41) is 11.3. The highest BCUT2D eigenvalue weighted by Crippen LogP contribution is 2.43. The Morgan fingerprint density at radius 3 is 2.64 bits per heavy atom. The fourth-order valence-corrected chi connectivity index (χ4v) is 3.31. The lowest BCUT2D eigenvalue weighted by Gasteiger charge is -2.44. The van der Waals surface area contributed by atoms with Gasteiger partial charge in [0.15, 0.2) is 0 Å².